The molecule has 1 aromatic rings. The second kappa shape index (κ2) is 3.40. The predicted octanol–water partition coefficient (Wildman–Crippen LogP) is 2.37. The molecule has 0 saturated heterocycles. The number of ether oxygens (including phenoxy) is 1. The lowest BCUT2D eigenvalue weighted by Crippen LogP contribution is -2.01. The van der Waals surface area contributed by atoms with E-state index in [1.807, 2.05) is 6.92 Å². The second-order valence-corrected chi connectivity index (χ2v) is 3.76. The van der Waals surface area contributed by atoms with Gasteiger partial charge in [-0.05, 0) is 31.1 Å². The van der Waals surface area contributed by atoms with Crippen molar-refractivity contribution in [3.05, 3.63) is 12.3 Å². The number of hydrogen-bond acceptors (Lipinski definition) is 2. The van der Waals surface area contributed by atoms with Gasteiger partial charge in [-0.2, -0.15) is 5.10 Å². The monoisotopic (exact) mass is 182 g/mol. The molecule has 0 bridgehead atoms. The Kier molecular flexibility index (Phi) is 1.69. The SMILES string of the molecule is [2H]C([2H])(CCOc1ccn[nH]1)C1(C)CC1. The van der Waals surface area contributed by atoms with Gasteiger partial charge in [0.15, 0.2) is 0 Å². The summed E-state index contributed by atoms with van der Waals surface area (Å²) in [7, 11) is 0. The van der Waals surface area contributed by atoms with Crippen molar-refractivity contribution in [2.75, 3.05) is 6.61 Å². The normalized spacial score (nSPS) is 21.9. The molecule has 0 aromatic carbocycles. The average molecular weight is 182 g/mol. The standard InChI is InChI=1S/C10H16N2O/c1-10(5-6-10)4-2-8-13-9-3-7-11-12-9/h3,7H,2,4-6,8H2,1H3,(H,11,12)/i4D2. The lowest BCUT2D eigenvalue weighted by atomic mass is 10.0. The molecule has 0 spiro atoms. The van der Waals surface area contributed by atoms with Gasteiger partial charge >= 0.3 is 0 Å². The van der Waals surface area contributed by atoms with E-state index in [0.29, 0.717) is 18.9 Å². The van der Waals surface area contributed by atoms with E-state index in [2.05, 4.69) is 10.2 Å². The first-order valence-corrected chi connectivity index (χ1v) is 4.66. The van der Waals surface area contributed by atoms with E-state index in [0.717, 1.165) is 12.8 Å². The highest BCUT2D eigenvalue weighted by atomic mass is 16.5. The minimum Gasteiger partial charge on any atom is -0.478 e. The van der Waals surface area contributed by atoms with E-state index in [1.165, 1.54) is 0 Å². The summed E-state index contributed by atoms with van der Waals surface area (Å²) >= 11 is 0. The van der Waals surface area contributed by atoms with Crippen molar-refractivity contribution < 1.29 is 7.48 Å². The summed E-state index contributed by atoms with van der Waals surface area (Å²) in [5.74, 6) is 0.603. The zero-order valence-electron chi connectivity index (χ0n) is 9.84. The fraction of sp³-hybridized carbons (Fsp3) is 0.700. The zero-order valence-corrected chi connectivity index (χ0v) is 7.84. The highest BCUT2D eigenvalue weighted by molar-refractivity contribution is 5.03. The smallest absolute Gasteiger partial charge is 0.208 e. The molecule has 1 aliphatic carbocycles. The molecule has 72 valence electrons. The van der Waals surface area contributed by atoms with Gasteiger partial charge in [0.05, 0.1) is 12.8 Å². The Balaban J connectivity index is 1.78. The minimum atomic E-state index is -1.12. The molecule has 1 aromatic heterocycles. The molecule has 0 aliphatic heterocycles. The van der Waals surface area contributed by atoms with Crippen molar-refractivity contribution >= 4 is 0 Å². The zero-order chi connectivity index (χ0) is 10.9. The molecule has 3 nitrogen and oxygen atoms in total. The van der Waals surface area contributed by atoms with E-state index in [4.69, 9.17) is 7.48 Å². The van der Waals surface area contributed by atoms with Crippen LogP contribution in [-0.2, 0) is 0 Å². The van der Waals surface area contributed by atoms with Crippen LogP contribution in [0.2, 0.25) is 0 Å². The number of hydrogen-bond donors (Lipinski definition) is 1. The lowest BCUT2D eigenvalue weighted by Gasteiger charge is -2.07. The fourth-order valence-electron chi connectivity index (χ4n) is 1.20. The maximum atomic E-state index is 7.93. The third-order valence-electron chi connectivity index (χ3n) is 2.39. The molecule has 0 unspecified atom stereocenters. The first kappa shape index (κ1) is 6.46. The number of nitrogens with one attached hydrogen (secondary N) is 1. The Bertz CT molecular complexity index is 320. The van der Waals surface area contributed by atoms with E-state index < -0.39 is 6.37 Å². The van der Waals surface area contributed by atoms with Gasteiger partial charge in [0.2, 0.25) is 5.88 Å². The quantitative estimate of drug-likeness (QED) is 0.759. The maximum absolute atomic E-state index is 7.93. The van der Waals surface area contributed by atoms with Crippen LogP contribution in [0.4, 0.5) is 0 Å². The van der Waals surface area contributed by atoms with Crippen LogP contribution >= 0.6 is 0 Å². The van der Waals surface area contributed by atoms with Crippen molar-refractivity contribution in [1.29, 1.82) is 0 Å². The molecule has 13 heavy (non-hydrogen) atoms. The van der Waals surface area contributed by atoms with E-state index in [1.54, 1.807) is 12.3 Å². The van der Waals surface area contributed by atoms with Crippen LogP contribution < -0.4 is 4.74 Å². The Labute approximate surface area is 81.3 Å². The molecule has 0 radical (unpaired) electrons. The molecular formula is C10H16N2O. The molecule has 1 aliphatic rings. The summed E-state index contributed by atoms with van der Waals surface area (Å²) in [6.45, 7) is 2.40. The molecule has 2 rings (SSSR count). The summed E-state index contributed by atoms with van der Waals surface area (Å²) in [4.78, 5) is 0. The van der Waals surface area contributed by atoms with Crippen LogP contribution in [0.25, 0.3) is 0 Å². The molecule has 3 heteroatoms. The highest BCUT2D eigenvalue weighted by Gasteiger charge is 2.36. The van der Waals surface area contributed by atoms with Gasteiger partial charge in [0.25, 0.3) is 0 Å². The Morgan fingerprint density at radius 3 is 3.23 bits per heavy atom. The average Bonchev–Trinajstić information content (AvgIpc) is 2.75. The Morgan fingerprint density at radius 1 is 1.77 bits per heavy atom. The molecule has 1 N–H and O–H groups in total. The van der Waals surface area contributed by atoms with Gasteiger partial charge in [-0.15, -0.1) is 0 Å². The van der Waals surface area contributed by atoms with Crippen LogP contribution in [0, 0.1) is 5.41 Å². The first-order chi connectivity index (χ1) is 7.04. The maximum Gasteiger partial charge on any atom is 0.208 e. The number of aromatic nitrogens is 2. The Morgan fingerprint density at radius 2 is 2.62 bits per heavy atom. The topological polar surface area (TPSA) is 37.9 Å². The molecule has 0 amide bonds. The number of nitrogens with zero attached hydrogens (tertiary/aromatic N) is 1. The summed E-state index contributed by atoms with van der Waals surface area (Å²) in [6.07, 6.45) is 2.91. The molecule has 1 heterocycles. The third-order valence-corrected chi connectivity index (χ3v) is 2.39. The fourth-order valence-corrected chi connectivity index (χ4v) is 1.20. The second-order valence-electron chi connectivity index (χ2n) is 3.76. The van der Waals surface area contributed by atoms with Gasteiger partial charge in [0, 0.05) is 8.81 Å². The number of aromatic amines is 1. The molecule has 0 atom stereocenters. The number of rotatable bonds is 5. The number of H-pyrrole nitrogens is 1. The third kappa shape index (κ3) is 2.47. The molecule has 1 fully saturated rings. The van der Waals surface area contributed by atoms with Crippen LogP contribution in [0.1, 0.15) is 35.3 Å². The van der Waals surface area contributed by atoms with Crippen LogP contribution in [0.5, 0.6) is 5.88 Å². The van der Waals surface area contributed by atoms with Gasteiger partial charge in [0.1, 0.15) is 0 Å². The lowest BCUT2D eigenvalue weighted by molar-refractivity contribution is 0.281. The van der Waals surface area contributed by atoms with Crippen molar-refractivity contribution in [1.82, 2.24) is 10.2 Å². The van der Waals surface area contributed by atoms with Crippen LogP contribution in [-0.4, -0.2) is 16.8 Å². The van der Waals surface area contributed by atoms with E-state index in [9.17, 15) is 0 Å². The van der Waals surface area contributed by atoms with Crippen molar-refractivity contribution in [2.24, 2.45) is 5.41 Å². The van der Waals surface area contributed by atoms with Gasteiger partial charge in [-0.3, -0.25) is 0 Å². The summed E-state index contributed by atoms with van der Waals surface area (Å²) < 4.78 is 21.2. The van der Waals surface area contributed by atoms with E-state index in [-0.39, 0.29) is 5.41 Å². The summed E-state index contributed by atoms with van der Waals surface area (Å²) in [6, 6.07) is 1.73. The Hall–Kier alpha value is -0.990. The molecule has 1 saturated carbocycles. The molecular weight excluding hydrogens is 164 g/mol. The van der Waals surface area contributed by atoms with Gasteiger partial charge in [-0.25, -0.2) is 5.10 Å². The van der Waals surface area contributed by atoms with E-state index >= 15 is 0 Å². The van der Waals surface area contributed by atoms with Crippen molar-refractivity contribution in [2.45, 2.75) is 32.6 Å². The van der Waals surface area contributed by atoms with Crippen molar-refractivity contribution in [3.8, 4) is 5.88 Å². The van der Waals surface area contributed by atoms with Gasteiger partial charge in [-0.1, -0.05) is 6.92 Å². The minimum absolute atomic E-state index is 0.121. The summed E-state index contributed by atoms with van der Waals surface area (Å²) in [5, 5.41) is 6.44. The summed E-state index contributed by atoms with van der Waals surface area (Å²) in [5.41, 5.74) is -0.121. The van der Waals surface area contributed by atoms with Crippen LogP contribution in [0.15, 0.2) is 12.3 Å². The predicted molar refractivity (Wildman–Crippen MR) is 50.7 cm³/mol. The highest BCUT2D eigenvalue weighted by Crippen LogP contribution is 2.48. The largest absolute Gasteiger partial charge is 0.478 e. The van der Waals surface area contributed by atoms with Gasteiger partial charge < -0.3 is 4.74 Å². The van der Waals surface area contributed by atoms with Crippen molar-refractivity contribution in [3.63, 3.8) is 0 Å². The van der Waals surface area contributed by atoms with Crippen LogP contribution in [0.3, 0.4) is 0 Å². The first-order valence-electron chi connectivity index (χ1n) is 5.66.